The maximum Gasteiger partial charge on any atom is 0.279 e. The van der Waals surface area contributed by atoms with Crippen molar-refractivity contribution in [2.75, 3.05) is 0 Å². The zero-order valence-electron chi connectivity index (χ0n) is 16.6. The summed E-state index contributed by atoms with van der Waals surface area (Å²) in [6.07, 6.45) is 0. The average Bonchev–Trinajstić information content (AvgIpc) is 3.17. The van der Waals surface area contributed by atoms with Gasteiger partial charge in [0.25, 0.3) is 11.6 Å². The van der Waals surface area contributed by atoms with Crippen molar-refractivity contribution in [3.05, 3.63) is 110 Å². The van der Waals surface area contributed by atoms with Gasteiger partial charge in [0.2, 0.25) is 4.80 Å². The van der Waals surface area contributed by atoms with Gasteiger partial charge in [-0.25, -0.2) is 0 Å². The second-order valence-electron chi connectivity index (χ2n) is 6.92. The van der Waals surface area contributed by atoms with Crippen molar-refractivity contribution in [1.82, 2.24) is 8.94 Å². The number of hydrogen-bond acceptors (Lipinski definition) is 5. The van der Waals surface area contributed by atoms with Crippen LogP contribution in [0.15, 0.2) is 83.9 Å². The number of aryl methyl sites for hydroxylation is 1. The molecule has 8 heteroatoms. The van der Waals surface area contributed by atoms with Crippen molar-refractivity contribution in [1.29, 1.82) is 0 Å². The Hall–Kier alpha value is -3.91. The van der Waals surface area contributed by atoms with Gasteiger partial charge in [0, 0.05) is 23.3 Å². The summed E-state index contributed by atoms with van der Waals surface area (Å²) < 4.78 is 2.00. The first kappa shape index (κ1) is 20.4. The second kappa shape index (κ2) is 8.85. The summed E-state index contributed by atoms with van der Waals surface area (Å²) in [5.74, 6) is 0.232. The summed E-state index contributed by atoms with van der Waals surface area (Å²) in [4.78, 5) is 32.0. The molecular formula is C23H18N4O3S. The first-order valence-electron chi connectivity index (χ1n) is 9.52. The Labute approximate surface area is 182 Å². The molecule has 31 heavy (non-hydrogen) atoms. The molecule has 0 saturated heterocycles. The van der Waals surface area contributed by atoms with Crippen molar-refractivity contribution < 1.29 is 9.72 Å². The van der Waals surface area contributed by atoms with Crippen LogP contribution in [0.5, 0.6) is 0 Å². The molecule has 0 saturated carbocycles. The number of amides is 1. The lowest BCUT2D eigenvalue weighted by molar-refractivity contribution is -0.384. The van der Waals surface area contributed by atoms with Gasteiger partial charge in [0.15, 0.2) is 5.82 Å². The smallest absolute Gasteiger partial charge is 0.274 e. The van der Waals surface area contributed by atoms with Crippen LogP contribution in [0.3, 0.4) is 0 Å². The molecule has 1 aromatic heterocycles. The van der Waals surface area contributed by atoms with Gasteiger partial charge in [-0.05, 0) is 36.2 Å². The zero-order valence-corrected chi connectivity index (χ0v) is 17.5. The first-order chi connectivity index (χ1) is 15.0. The van der Waals surface area contributed by atoms with E-state index in [1.807, 2.05) is 65.5 Å². The summed E-state index contributed by atoms with van der Waals surface area (Å²) in [7, 11) is 0. The molecule has 0 fully saturated rings. The molecule has 0 aliphatic heterocycles. The number of nitro benzene ring substituents is 1. The van der Waals surface area contributed by atoms with Gasteiger partial charge in [-0.1, -0.05) is 60.2 Å². The Kier molecular flexibility index (Phi) is 5.81. The zero-order chi connectivity index (χ0) is 21.8. The van der Waals surface area contributed by atoms with Gasteiger partial charge >= 0.3 is 0 Å². The lowest BCUT2D eigenvalue weighted by Crippen LogP contribution is -2.05. The van der Waals surface area contributed by atoms with Gasteiger partial charge in [0.1, 0.15) is 0 Å². The molecule has 4 rings (SSSR count). The number of hydrogen-bond donors (Lipinski definition) is 0. The number of non-ortho nitro benzene ring substituents is 1. The largest absolute Gasteiger partial charge is 0.279 e. The maximum absolute atomic E-state index is 12.6. The van der Waals surface area contributed by atoms with Crippen LogP contribution in [0.4, 0.5) is 5.69 Å². The Bertz CT molecular complexity index is 1290. The van der Waals surface area contributed by atoms with Crippen LogP contribution >= 0.6 is 11.5 Å². The molecule has 0 unspecified atom stereocenters. The lowest BCUT2D eigenvalue weighted by atomic mass is 10.1. The monoisotopic (exact) mass is 430 g/mol. The summed E-state index contributed by atoms with van der Waals surface area (Å²) in [6, 6.07) is 23.4. The van der Waals surface area contributed by atoms with E-state index in [0.29, 0.717) is 11.3 Å². The van der Waals surface area contributed by atoms with Gasteiger partial charge in [-0.15, -0.1) is 0 Å². The van der Waals surface area contributed by atoms with Gasteiger partial charge in [-0.3, -0.25) is 18.9 Å². The minimum atomic E-state index is -0.507. The fourth-order valence-electron chi connectivity index (χ4n) is 3.00. The highest BCUT2D eigenvalue weighted by atomic mass is 32.1. The predicted molar refractivity (Wildman–Crippen MR) is 119 cm³/mol. The van der Waals surface area contributed by atoms with Crippen LogP contribution < -0.4 is 4.80 Å². The van der Waals surface area contributed by atoms with E-state index < -0.39 is 10.8 Å². The Balaban J connectivity index is 1.72. The molecule has 1 heterocycles. The molecule has 0 N–H and O–H groups in total. The highest BCUT2D eigenvalue weighted by Gasteiger charge is 2.12. The maximum atomic E-state index is 12.6. The number of nitrogens with zero attached hydrogens (tertiary/aromatic N) is 4. The molecule has 0 aliphatic rings. The van der Waals surface area contributed by atoms with E-state index >= 15 is 0 Å². The molecule has 154 valence electrons. The van der Waals surface area contributed by atoms with Gasteiger partial charge < -0.3 is 0 Å². The van der Waals surface area contributed by atoms with Gasteiger partial charge in [-0.2, -0.15) is 9.98 Å². The topological polar surface area (TPSA) is 90.4 Å². The Morgan fingerprint density at radius 2 is 1.71 bits per heavy atom. The fourth-order valence-corrected chi connectivity index (χ4v) is 3.89. The van der Waals surface area contributed by atoms with Crippen molar-refractivity contribution in [2.45, 2.75) is 13.5 Å². The number of carbonyl (C=O) groups is 1. The number of aromatic nitrogens is 2. The summed E-state index contributed by atoms with van der Waals surface area (Å²) in [6.45, 7) is 2.62. The standard InChI is InChI=1S/C23H18N4O3S/c1-16-7-9-18(10-8-16)21-24-23(31-26(21)15-17-5-3-2-4-6-17)25-22(28)19-11-13-20(14-12-19)27(29)30/h2-14H,15H2,1H3. The van der Waals surface area contributed by atoms with E-state index in [9.17, 15) is 14.9 Å². The molecule has 3 aromatic carbocycles. The van der Waals surface area contributed by atoms with Crippen LogP contribution in [0.25, 0.3) is 11.4 Å². The van der Waals surface area contributed by atoms with Crippen LogP contribution in [-0.2, 0) is 6.54 Å². The molecule has 0 spiro atoms. The normalized spacial score (nSPS) is 11.5. The molecule has 0 bridgehead atoms. The van der Waals surface area contributed by atoms with Gasteiger partial charge in [0.05, 0.1) is 11.5 Å². The minimum Gasteiger partial charge on any atom is -0.274 e. The average molecular weight is 430 g/mol. The number of rotatable bonds is 5. The fraction of sp³-hybridized carbons (Fsp3) is 0.0870. The predicted octanol–water partition coefficient (Wildman–Crippen LogP) is 4.62. The quantitative estimate of drug-likeness (QED) is 0.341. The highest BCUT2D eigenvalue weighted by Crippen LogP contribution is 2.20. The minimum absolute atomic E-state index is 0.0758. The summed E-state index contributed by atoms with van der Waals surface area (Å²) >= 11 is 1.29. The van der Waals surface area contributed by atoms with Crippen LogP contribution in [0.2, 0.25) is 0 Å². The van der Waals surface area contributed by atoms with E-state index in [1.165, 1.54) is 35.8 Å². The molecule has 0 aliphatic carbocycles. The summed E-state index contributed by atoms with van der Waals surface area (Å²) in [5, 5.41) is 10.8. The second-order valence-corrected chi connectivity index (χ2v) is 7.91. The number of carbonyl (C=O) groups excluding carboxylic acids is 1. The summed E-state index contributed by atoms with van der Waals surface area (Å²) in [5.41, 5.74) is 3.38. The third-order valence-electron chi connectivity index (χ3n) is 4.63. The third-order valence-corrected chi connectivity index (χ3v) is 5.50. The molecule has 0 radical (unpaired) electrons. The molecule has 7 nitrogen and oxygen atoms in total. The molecular weight excluding hydrogens is 412 g/mol. The van der Waals surface area contributed by atoms with E-state index in [2.05, 4.69) is 9.98 Å². The van der Waals surface area contributed by atoms with Crippen molar-refractivity contribution in [3.63, 3.8) is 0 Å². The van der Waals surface area contributed by atoms with Crippen molar-refractivity contribution in [3.8, 4) is 11.4 Å². The third kappa shape index (κ3) is 4.81. The Morgan fingerprint density at radius 3 is 2.35 bits per heavy atom. The highest BCUT2D eigenvalue weighted by molar-refractivity contribution is 7.03. The van der Waals surface area contributed by atoms with Crippen LogP contribution in [-0.4, -0.2) is 19.8 Å². The van der Waals surface area contributed by atoms with E-state index in [-0.39, 0.29) is 11.3 Å². The van der Waals surface area contributed by atoms with Crippen LogP contribution in [0.1, 0.15) is 21.5 Å². The van der Waals surface area contributed by atoms with E-state index in [4.69, 9.17) is 0 Å². The van der Waals surface area contributed by atoms with Crippen molar-refractivity contribution >= 4 is 23.1 Å². The lowest BCUT2D eigenvalue weighted by Gasteiger charge is -2.06. The number of nitro groups is 1. The molecule has 0 atom stereocenters. The van der Waals surface area contributed by atoms with Crippen molar-refractivity contribution in [2.24, 2.45) is 4.99 Å². The first-order valence-corrected chi connectivity index (χ1v) is 10.3. The SMILES string of the molecule is Cc1ccc(-c2nc(=NC(=O)c3ccc([N+](=O)[O-])cc3)sn2Cc2ccccc2)cc1. The Morgan fingerprint density at radius 1 is 1.03 bits per heavy atom. The molecule has 4 aromatic rings. The molecule has 1 amide bonds. The van der Waals surface area contributed by atoms with E-state index in [1.54, 1.807) is 0 Å². The van der Waals surface area contributed by atoms with Crippen LogP contribution in [0, 0.1) is 17.0 Å². The number of benzene rings is 3. The van der Waals surface area contributed by atoms with E-state index in [0.717, 1.165) is 22.5 Å².